The molecule has 0 radical (unpaired) electrons. The Bertz CT molecular complexity index is 1320. The van der Waals surface area contributed by atoms with Crippen LogP contribution in [0.15, 0.2) is 77.7 Å². The van der Waals surface area contributed by atoms with Gasteiger partial charge in [-0.25, -0.2) is 4.79 Å². The lowest BCUT2D eigenvalue weighted by atomic mass is 10.1. The predicted molar refractivity (Wildman–Crippen MR) is 149 cm³/mol. The number of carbonyl (C=O) groups is 2. The van der Waals surface area contributed by atoms with E-state index in [0.29, 0.717) is 32.9 Å². The van der Waals surface area contributed by atoms with E-state index in [4.69, 9.17) is 26.4 Å². The summed E-state index contributed by atoms with van der Waals surface area (Å²) in [7, 11) is 1.57. The van der Waals surface area contributed by atoms with Gasteiger partial charge in [0.15, 0.2) is 17.5 Å². The van der Waals surface area contributed by atoms with Crippen molar-refractivity contribution in [1.29, 1.82) is 0 Å². The third-order valence-electron chi connectivity index (χ3n) is 5.71. The number of carbonyl (C=O) groups excluding carboxylic acids is 2. The summed E-state index contributed by atoms with van der Waals surface area (Å²) in [6.07, 6.45) is 1.73. The second-order valence-electron chi connectivity index (χ2n) is 8.30. The number of nitrogens with zero attached hydrogens (tertiary/aromatic N) is 1. The van der Waals surface area contributed by atoms with Crippen LogP contribution in [0.3, 0.4) is 0 Å². The molecule has 3 aromatic carbocycles. The van der Waals surface area contributed by atoms with Crippen molar-refractivity contribution in [2.45, 2.75) is 26.5 Å². The van der Waals surface area contributed by atoms with Gasteiger partial charge >= 0.3 is 5.97 Å². The zero-order chi connectivity index (χ0) is 26.4. The standard InChI is InChI=1S/C29H27NO5S2/c1-4-34-28(32)26(22-8-6-5-7-9-22)30-27(31)25(37-29(30)36)17-21-14-15-23(24(16-21)33-3)35-18-20-12-10-19(2)11-13-20/h5-17,26H,4,18H2,1-3H3/b25-17-. The highest BCUT2D eigenvalue weighted by Gasteiger charge is 2.42. The highest BCUT2D eigenvalue weighted by atomic mass is 32.2. The van der Waals surface area contributed by atoms with E-state index in [9.17, 15) is 9.59 Å². The molecule has 37 heavy (non-hydrogen) atoms. The highest BCUT2D eigenvalue weighted by molar-refractivity contribution is 8.26. The number of methoxy groups -OCH3 is 1. The lowest BCUT2D eigenvalue weighted by molar-refractivity contribution is -0.151. The number of thiocarbonyl (C=S) groups is 1. The first kappa shape index (κ1) is 26.4. The quantitative estimate of drug-likeness (QED) is 0.187. The Morgan fingerprint density at radius 3 is 2.46 bits per heavy atom. The second kappa shape index (κ2) is 12.1. The first-order valence-corrected chi connectivity index (χ1v) is 13.0. The Labute approximate surface area is 226 Å². The molecule has 1 aliphatic rings. The number of thioether (sulfide) groups is 1. The van der Waals surface area contributed by atoms with Crippen LogP contribution < -0.4 is 9.47 Å². The minimum absolute atomic E-state index is 0.199. The van der Waals surface area contributed by atoms with E-state index >= 15 is 0 Å². The lowest BCUT2D eigenvalue weighted by Crippen LogP contribution is -2.38. The van der Waals surface area contributed by atoms with Crippen molar-refractivity contribution in [3.8, 4) is 11.5 Å². The van der Waals surface area contributed by atoms with E-state index < -0.39 is 12.0 Å². The molecule has 1 fully saturated rings. The van der Waals surface area contributed by atoms with Crippen LogP contribution in [0.2, 0.25) is 0 Å². The largest absolute Gasteiger partial charge is 0.493 e. The van der Waals surface area contributed by atoms with Crippen LogP contribution in [-0.2, 0) is 20.9 Å². The Hall–Kier alpha value is -3.62. The number of ether oxygens (including phenoxy) is 3. The third kappa shape index (κ3) is 6.21. The molecular weight excluding hydrogens is 506 g/mol. The van der Waals surface area contributed by atoms with Gasteiger partial charge in [0.2, 0.25) is 0 Å². The maximum Gasteiger partial charge on any atom is 0.333 e. The third-order valence-corrected chi connectivity index (χ3v) is 7.04. The molecule has 0 N–H and O–H groups in total. The van der Waals surface area contributed by atoms with Crippen molar-refractivity contribution >= 4 is 46.3 Å². The van der Waals surface area contributed by atoms with Crippen LogP contribution in [0.5, 0.6) is 11.5 Å². The van der Waals surface area contributed by atoms with Gasteiger partial charge in [0.25, 0.3) is 5.91 Å². The molecule has 1 heterocycles. The lowest BCUT2D eigenvalue weighted by Gasteiger charge is -2.25. The number of rotatable bonds is 9. The van der Waals surface area contributed by atoms with Crippen LogP contribution in [0.25, 0.3) is 6.08 Å². The van der Waals surface area contributed by atoms with Gasteiger partial charge in [0, 0.05) is 0 Å². The van der Waals surface area contributed by atoms with Gasteiger partial charge < -0.3 is 14.2 Å². The van der Waals surface area contributed by atoms with Crippen molar-refractivity contribution in [2.75, 3.05) is 13.7 Å². The monoisotopic (exact) mass is 533 g/mol. The average molecular weight is 534 g/mol. The molecule has 0 spiro atoms. The molecule has 1 aliphatic heterocycles. The Morgan fingerprint density at radius 1 is 1.05 bits per heavy atom. The molecule has 0 aliphatic carbocycles. The van der Waals surface area contributed by atoms with E-state index in [-0.39, 0.29) is 12.5 Å². The molecule has 3 aromatic rings. The first-order chi connectivity index (χ1) is 17.9. The molecule has 1 amide bonds. The fraction of sp³-hybridized carbons (Fsp3) is 0.207. The topological polar surface area (TPSA) is 65.1 Å². The molecule has 0 saturated carbocycles. The minimum atomic E-state index is -0.952. The van der Waals surface area contributed by atoms with Gasteiger partial charge in [-0.05, 0) is 48.7 Å². The number of esters is 1. The van der Waals surface area contributed by atoms with Crippen molar-refractivity contribution in [1.82, 2.24) is 4.90 Å². The summed E-state index contributed by atoms with van der Waals surface area (Å²) in [6, 6.07) is 21.7. The van der Waals surface area contributed by atoms with Crippen LogP contribution in [0, 0.1) is 6.92 Å². The highest BCUT2D eigenvalue weighted by Crippen LogP contribution is 2.39. The number of aryl methyl sites for hydroxylation is 1. The molecule has 8 heteroatoms. The van der Waals surface area contributed by atoms with E-state index in [1.807, 2.05) is 61.5 Å². The molecule has 6 nitrogen and oxygen atoms in total. The van der Waals surface area contributed by atoms with Crippen LogP contribution >= 0.6 is 24.0 Å². The fourth-order valence-corrected chi connectivity index (χ4v) is 5.15. The molecule has 4 rings (SSSR count). The normalized spacial score (nSPS) is 15.1. The number of hydrogen-bond donors (Lipinski definition) is 0. The minimum Gasteiger partial charge on any atom is -0.493 e. The zero-order valence-corrected chi connectivity index (χ0v) is 22.4. The van der Waals surface area contributed by atoms with E-state index in [1.165, 1.54) is 10.5 Å². The molecule has 1 unspecified atom stereocenters. The molecular formula is C29H27NO5S2. The summed E-state index contributed by atoms with van der Waals surface area (Å²) in [5, 5.41) is 0. The predicted octanol–water partition coefficient (Wildman–Crippen LogP) is 6.09. The summed E-state index contributed by atoms with van der Waals surface area (Å²) in [4.78, 5) is 28.0. The molecule has 1 atom stereocenters. The van der Waals surface area contributed by atoms with E-state index in [0.717, 1.165) is 22.9 Å². The molecule has 1 saturated heterocycles. The van der Waals surface area contributed by atoms with Crippen molar-refractivity contribution in [3.05, 3.63) is 100.0 Å². The molecule has 0 bridgehead atoms. The van der Waals surface area contributed by atoms with Gasteiger partial charge in [-0.3, -0.25) is 9.69 Å². The summed E-state index contributed by atoms with van der Waals surface area (Å²) in [6.45, 7) is 4.37. The summed E-state index contributed by atoms with van der Waals surface area (Å²) in [5.41, 5.74) is 3.62. The number of amides is 1. The summed E-state index contributed by atoms with van der Waals surface area (Å²) >= 11 is 6.67. The smallest absolute Gasteiger partial charge is 0.333 e. The SMILES string of the molecule is CCOC(=O)C(c1ccccc1)N1C(=O)/C(=C/c2ccc(OCc3ccc(C)cc3)c(OC)c2)SC1=S. The van der Waals surface area contributed by atoms with Gasteiger partial charge in [-0.1, -0.05) is 90.2 Å². The van der Waals surface area contributed by atoms with E-state index in [2.05, 4.69) is 0 Å². The van der Waals surface area contributed by atoms with Gasteiger partial charge in [-0.15, -0.1) is 0 Å². The maximum absolute atomic E-state index is 13.4. The van der Waals surface area contributed by atoms with Crippen molar-refractivity contribution in [2.24, 2.45) is 0 Å². The average Bonchev–Trinajstić information content (AvgIpc) is 3.17. The first-order valence-electron chi connectivity index (χ1n) is 11.8. The van der Waals surface area contributed by atoms with Crippen molar-refractivity contribution in [3.63, 3.8) is 0 Å². The number of hydrogen-bond acceptors (Lipinski definition) is 7. The van der Waals surface area contributed by atoms with Gasteiger partial charge in [-0.2, -0.15) is 0 Å². The van der Waals surface area contributed by atoms with Crippen LogP contribution in [0.4, 0.5) is 0 Å². The van der Waals surface area contributed by atoms with Crippen LogP contribution in [0.1, 0.15) is 35.2 Å². The van der Waals surface area contributed by atoms with Crippen LogP contribution in [-0.4, -0.2) is 34.8 Å². The van der Waals surface area contributed by atoms with Gasteiger partial charge in [0.05, 0.1) is 18.6 Å². The van der Waals surface area contributed by atoms with Crippen molar-refractivity contribution < 1.29 is 23.8 Å². The Morgan fingerprint density at radius 2 is 1.78 bits per heavy atom. The summed E-state index contributed by atoms with van der Waals surface area (Å²) in [5.74, 6) is 0.267. The fourth-order valence-electron chi connectivity index (χ4n) is 3.84. The van der Waals surface area contributed by atoms with E-state index in [1.54, 1.807) is 38.3 Å². The molecule has 0 aromatic heterocycles. The Kier molecular flexibility index (Phi) is 8.63. The second-order valence-corrected chi connectivity index (χ2v) is 9.98. The van der Waals surface area contributed by atoms with Gasteiger partial charge in [0.1, 0.15) is 10.9 Å². The maximum atomic E-state index is 13.4. The Balaban J connectivity index is 1.56. The summed E-state index contributed by atoms with van der Waals surface area (Å²) < 4.78 is 17.1. The zero-order valence-electron chi connectivity index (χ0n) is 20.8. The molecule has 190 valence electrons. The number of benzene rings is 3.